The van der Waals surface area contributed by atoms with Crippen LogP contribution in [0.4, 0.5) is 0 Å². The van der Waals surface area contributed by atoms with Crippen LogP contribution in [0.3, 0.4) is 0 Å². The van der Waals surface area contributed by atoms with Crippen molar-refractivity contribution in [2.45, 2.75) is 110 Å². The molecule has 0 radical (unpaired) electrons. The lowest BCUT2D eigenvalue weighted by Gasteiger charge is -2.58. The van der Waals surface area contributed by atoms with Crippen molar-refractivity contribution in [1.29, 1.82) is 0 Å². The summed E-state index contributed by atoms with van der Waals surface area (Å²) in [5, 5.41) is 12.0. The third-order valence-corrected chi connectivity index (χ3v) is 10.5. The number of ether oxygens (including phenoxy) is 1. The lowest BCUT2D eigenvalue weighted by atomic mass is 9.50. The molecule has 3 heteroatoms. The lowest BCUT2D eigenvalue weighted by Crippen LogP contribution is -2.56. The number of para-hydroxylation sites is 1. The maximum atomic E-state index is 10.6. The summed E-state index contributed by atoms with van der Waals surface area (Å²) in [5.41, 5.74) is 5.10. The van der Waals surface area contributed by atoms with E-state index in [2.05, 4.69) is 82.6 Å². The minimum absolute atomic E-state index is 0.0663. The third-order valence-electron chi connectivity index (χ3n) is 10.5. The molecule has 1 saturated carbocycles. The van der Waals surface area contributed by atoms with E-state index in [0.717, 1.165) is 25.7 Å². The van der Waals surface area contributed by atoms with Gasteiger partial charge in [-0.2, -0.15) is 0 Å². The van der Waals surface area contributed by atoms with Crippen LogP contribution in [0.25, 0.3) is 10.9 Å². The third kappa shape index (κ3) is 4.02. The molecule has 2 aromatic rings. The zero-order valence-electron chi connectivity index (χ0n) is 23.6. The average molecular weight is 490 g/mol. The summed E-state index contributed by atoms with van der Waals surface area (Å²) in [5.74, 6) is 1.16. The summed E-state index contributed by atoms with van der Waals surface area (Å²) >= 11 is 0. The van der Waals surface area contributed by atoms with E-state index in [1.54, 1.807) is 5.57 Å². The molecule has 3 nitrogen and oxygen atoms in total. The first-order valence-corrected chi connectivity index (χ1v) is 14.1. The van der Waals surface area contributed by atoms with E-state index in [-0.39, 0.29) is 28.5 Å². The summed E-state index contributed by atoms with van der Waals surface area (Å²) in [4.78, 5) is 3.77. The molecule has 2 N–H and O–H groups in total. The van der Waals surface area contributed by atoms with Crippen molar-refractivity contribution in [2.24, 2.45) is 22.7 Å². The van der Waals surface area contributed by atoms with Gasteiger partial charge in [0.25, 0.3) is 0 Å². The molecule has 0 amide bonds. The molecule has 2 aliphatic carbocycles. The van der Waals surface area contributed by atoms with Crippen molar-refractivity contribution in [3.05, 3.63) is 59.8 Å². The Balaban J connectivity index is 1.47. The van der Waals surface area contributed by atoms with Crippen LogP contribution in [-0.4, -0.2) is 27.9 Å². The molecule has 36 heavy (non-hydrogen) atoms. The maximum Gasteiger partial charge on any atom is 0.0860 e. The van der Waals surface area contributed by atoms with Crippen molar-refractivity contribution in [3.8, 4) is 0 Å². The molecule has 1 saturated heterocycles. The van der Waals surface area contributed by atoms with Gasteiger partial charge < -0.3 is 14.8 Å². The molecule has 5 unspecified atom stereocenters. The van der Waals surface area contributed by atoms with Gasteiger partial charge in [0.15, 0.2) is 0 Å². The van der Waals surface area contributed by atoms with E-state index in [9.17, 15) is 5.11 Å². The van der Waals surface area contributed by atoms with E-state index in [0.29, 0.717) is 11.8 Å². The van der Waals surface area contributed by atoms with Crippen LogP contribution >= 0.6 is 0 Å². The summed E-state index contributed by atoms with van der Waals surface area (Å²) in [6, 6.07) is 8.78. The van der Waals surface area contributed by atoms with E-state index < -0.39 is 5.60 Å². The lowest BCUT2D eigenvalue weighted by molar-refractivity contribution is -0.199. The quantitative estimate of drug-likeness (QED) is 0.420. The number of aliphatic hydroxyl groups is 1. The van der Waals surface area contributed by atoms with Gasteiger partial charge in [-0.25, -0.2) is 0 Å². The fourth-order valence-electron chi connectivity index (χ4n) is 7.83. The number of hydrogen-bond donors (Lipinski definition) is 2. The Hall–Kier alpha value is -1.84. The van der Waals surface area contributed by atoms with Crippen LogP contribution in [0.1, 0.15) is 91.8 Å². The van der Waals surface area contributed by atoms with Gasteiger partial charge in [-0.1, -0.05) is 70.5 Å². The summed E-state index contributed by atoms with van der Waals surface area (Å²) in [6.45, 7) is 19.9. The van der Waals surface area contributed by atoms with Crippen LogP contribution in [0.15, 0.2) is 48.6 Å². The second-order valence-electron chi connectivity index (χ2n) is 13.9. The second-order valence-corrected chi connectivity index (χ2v) is 13.9. The molecule has 0 bridgehead atoms. The van der Waals surface area contributed by atoms with E-state index in [1.807, 2.05) is 13.8 Å². The van der Waals surface area contributed by atoms with Gasteiger partial charge >= 0.3 is 0 Å². The zero-order valence-corrected chi connectivity index (χ0v) is 23.6. The van der Waals surface area contributed by atoms with Gasteiger partial charge in [0, 0.05) is 27.4 Å². The fraction of sp³-hybridized carbons (Fsp3) is 0.636. The highest BCUT2D eigenvalue weighted by Crippen LogP contribution is 2.61. The number of fused-ring (bicyclic) bond motifs is 4. The van der Waals surface area contributed by atoms with Gasteiger partial charge in [0.2, 0.25) is 0 Å². The highest BCUT2D eigenvalue weighted by molar-refractivity contribution is 5.85. The number of aromatic amines is 1. The number of hydrogen-bond acceptors (Lipinski definition) is 2. The summed E-state index contributed by atoms with van der Waals surface area (Å²) in [6.07, 6.45) is 11.3. The van der Waals surface area contributed by atoms with Crippen molar-refractivity contribution in [1.82, 2.24) is 4.98 Å². The monoisotopic (exact) mass is 489 g/mol. The largest absolute Gasteiger partial charge is 0.388 e. The molecule has 196 valence electrons. The highest BCUT2D eigenvalue weighted by Gasteiger charge is 2.55. The molecular weight excluding hydrogens is 442 g/mol. The van der Waals surface area contributed by atoms with Crippen molar-refractivity contribution >= 4 is 10.9 Å². The predicted octanol–water partition coefficient (Wildman–Crippen LogP) is 7.88. The Morgan fingerprint density at radius 3 is 2.53 bits per heavy atom. The number of allylic oxidation sites excluding steroid dienone is 2. The zero-order chi connectivity index (χ0) is 26.1. The summed E-state index contributed by atoms with van der Waals surface area (Å²) < 4.78 is 6.59. The van der Waals surface area contributed by atoms with Gasteiger partial charge in [-0.3, -0.25) is 0 Å². The van der Waals surface area contributed by atoms with Crippen LogP contribution in [0, 0.1) is 22.7 Å². The molecule has 2 fully saturated rings. The summed E-state index contributed by atoms with van der Waals surface area (Å²) in [7, 11) is 0. The van der Waals surface area contributed by atoms with Gasteiger partial charge in [0.1, 0.15) is 0 Å². The molecule has 5 rings (SSSR count). The smallest absolute Gasteiger partial charge is 0.0860 e. The normalized spacial score (nSPS) is 32.5. The molecule has 1 aliphatic heterocycles. The number of rotatable bonds is 5. The minimum Gasteiger partial charge on any atom is -0.388 e. The van der Waals surface area contributed by atoms with E-state index >= 15 is 0 Å². The standard InChI is InChI=1S/C33H47NO2/c1-9-30(2,3)29-23(22-12-10-11-13-26(22)34-29)20-21-14-15-25-24(31(21,4)5)16-17-28-33(25,8)19-18-27(36-28)32(6,7)35/h9-13,16,21,25,27-28,34-35H,1,14-15,17-20H2,2-8H3. The predicted molar refractivity (Wildman–Crippen MR) is 150 cm³/mol. The Labute approximate surface area is 218 Å². The topological polar surface area (TPSA) is 45.2 Å². The molecule has 1 aromatic carbocycles. The van der Waals surface area contributed by atoms with Crippen molar-refractivity contribution < 1.29 is 9.84 Å². The van der Waals surface area contributed by atoms with Crippen LogP contribution in [0.5, 0.6) is 0 Å². The first-order chi connectivity index (χ1) is 16.8. The Morgan fingerprint density at radius 2 is 1.83 bits per heavy atom. The van der Waals surface area contributed by atoms with Gasteiger partial charge in [0.05, 0.1) is 17.8 Å². The van der Waals surface area contributed by atoms with Crippen molar-refractivity contribution in [3.63, 3.8) is 0 Å². The SMILES string of the molecule is C=CC(C)(C)c1[nH]c2ccccc2c1CC1CCC2C(=CCC3OC(C(C)(C)O)CCC32C)C1(C)C. The van der Waals surface area contributed by atoms with Gasteiger partial charge in [-0.15, -0.1) is 6.58 Å². The second kappa shape index (κ2) is 8.60. The molecule has 3 aliphatic rings. The minimum atomic E-state index is -0.779. The molecule has 2 heterocycles. The number of H-pyrrole nitrogens is 1. The molecular formula is C33H47NO2. The van der Waals surface area contributed by atoms with Crippen LogP contribution < -0.4 is 0 Å². The van der Waals surface area contributed by atoms with Crippen LogP contribution in [0.2, 0.25) is 0 Å². The molecule has 1 aromatic heterocycles. The number of nitrogens with one attached hydrogen (secondary N) is 1. The van der Waals surface area contributed by atoms with Crippen LogP contribution in [-0.2, 0) is 16.6 Å². The first-order valence-electron chi connectivity index (χ1n) is 14.1. The fourth-order valence-corrected chi connectivity index (χ4v) is 7.83. The van der Waals surface area contributed by atoms with Crippen molar-refractivity contribution in [2.75, 3.05) is 0 Å². The Bertz CT molecular complexity index is 1180. The number of benzene rings is 1. The molecule has 0 spiro atoms. The average Bonchev–Trinajstić information content (AvgIpc) is 3.19. The van der Waals surface area contributed by atoms with E-state index in [1.165, 1.54) is 35.0 Å². The first kappa shape index (κ1) is 25.8. The van der Waals surface area contributed by atoms with Gasteiger partial charge in [-0.05, 0) is 81.3 Å². The molecule has 5 atom stereocenters. The Morgan fingerprint density at radius 1 is 1.11 bits per heavy atom. The Kier molecular flexibility index (Phi) is 6.16. The maximum absolute atomic E-state index is 10.6. The van der Waals surface area contributed by atoms with E-state index in [4.69, 9.17) is 4.74 Å². The highest BCUT2D eigenvalue weighted by atomic mass is 16.5. The number of aromatic nitrogens is 1.